The first-order valence-electron chi connectivity index (χ1n) is 11.3. The fourth-order valence-electron chi connectivity index (χ4n) is 4.62. The van der Waals surface area contributed by atoms with E-state index in [1.165, 1.54) is 0 Å². The zero-order valence-electron chi connectivity index (χ0n) is 18.5. The molecule has 0 N–H and O–H groups in total. The molecule has 4 rings (SSSR count). The van der Waals surface area contributed by atoms with E-state index in [4.69, 9.17) is 9.72 Å². The highest BCUT2D eigenvalue weighted by molar-refractivity contribution is 5.96. The molecule has 2 aliphatic heterocycles. The molecule has 2 fully saturated rings. The summed E-state index contributed by atoms with van der Waals surface area (Å²) in [5.41, 5.74) is 2.42. The van der Waals surface area contributed by atoms with Crippen LogP contribution in [0.4, 0.5) is 0 Å². The van der Waals surface area contributed by atoms with E-state index in [-0.39, 0.29) is 17.9 Å². The summed E-state index contributed by atoms with van der Waals surface area (Å²) >= 11 is 0. The number of amides is 2. The number of rotatable bonds is 5. The first kappa shape index (κ1) is 21.7. The molecule has 31 heavy (non-hydrogen) atoms. The molecule has 2 aromatic rings. The Morgan fingerprint density at radius 2 is 1.84 bits per heavy atom. The Labute approximate surface area is 184 Å². The van der Waals surface area contributed by atoms with E-state index in [9.17, 15) is 9.59 Å². The Hall–Kier alpha value is -2.51. The van der Waals surface area contributed by atoms with Crippen molar-refractivity contribution in [2.24, 2.45) is 0 Å². The molecule has 0 bridgehead atoms. The molecule has 0 saturated carbocycles. The van der Waals surface area contributed by atoms with Gasteiger partial charge < -0.3 is 14.5 Å². The van der Waals surface area contributed by atoms with Gasteiger partial charge in [0.05, 0.1) is 18.7 Å². The molecule has 2 amide bonds. The third-order valence-corrected chi connectivity index (χ3v) is 6.51. The van der Waals surface area contributed by atoms with Crippen LogP contribution in [-0.4, -0.2) is 90.0 Å². The number of para-hydroxylation sites is 1. The molecule has 0 spiro atoms. The van der Waals surface area contributed by atoms with E-state index in [0.717, 1.165) is 62.2 Å². The highest BCUT2D eigenvalue weighted by Gasteiger charge is 2.30. The molecule has 2 aliphatic rings. The number of likely N-dealkylation sites (tertiary alicyclic amines) is 1. The molecule has 1 aromatic heterocycles. The Bertz CT molecular complexity index is 934. The standard InChI is InChI=1S/C24H32N4O3/c1-18-17-23(25-22-6-4-3-5-21(18)22)24(30)28(12-11-26-13-15-31-16-14-26)20-7-9-27(10-8-20)19(2)29/h3-6,17,20H,7-16H2,1-2H3. The number of hydrogen-bond donors (Lipinski definition) is 0. The normalized spacial score (nSPS) is 18.3. The number of morpholine rings is 1. The fraction of sp³-hybridized carbons (Fsp3) is 0.542. The summed E-state index contributed by atoms with van der Waals surface area (Å²) in [6.07, 6.45) is 1.61. The topological polar surface area (TPSA) is 66.0 Å². The van der Waals surface area contributed by atoms with Crippen LogP contribution in [0.5, 0.6) is 0 Å². The van der Waals surface area contributed by atoms with E-state index in [2.05, 4.69) is 4.90 Å². The summed E-state index contributed by atoms with van der Waals surface area (Å²) in [7, 11) is 0. The second kappa shape index (κ2) is 9.75. The predicted octanol–water partition coefficient (Wildman–Crippen LogP) is 2.33. The van der Waals surface area contributed by atoms with Crippen molar-refractivity contribution in [3.63, 3.8) is 0 Å². The van der Waals surface area contributed by atoms with Gasteiger partial charge in [-0.15, -0.1) is 0 Å². The molecule has 3 heterocycles. The summed E-state index contributed by atoms with van der Waals surface area (Å²) in [6.45, 7) is 9.83. The molecular weight excluding hydrogens is 392 g/mol. The number of pyridine rings is 1. The van der Waals surface area contributed by atoms with Crippen LogP contribution in [0.2, 0.25) is 0 Å². The van der Waals surface area contributed by atoms with Gasteiger partial charge >= 0.3 is 0 Å². The minimum Gasteiger partial charge on any atom is -0.379 e. The zero-order valence-corrected chi connectivity index (χ0v) is 18.5. The summed E-state index contributed by atoms with van der Waals surface area (Å²) in [4.78, 5) is 36.3. The number of aryl methyl sites for hydroxylation is 1. The average molecular weight is 425 g/mol. The van der Waals surface area contributed by atoms with Gasteiger partial charge in [-0.25, -0.2) is 4.98 Å². The van der Waals surface area contributed by atoms with E-state index >= 15 is 0 Å². The van der Waals surface area contributed by atoms with E-state index in [1.807, 2.05) is 47.1 Å². The quantitative estimate of drug-likeness (QED) is 0.737. The van der Waals surface area contributed by atoms with Gasteiger partial charge in [-0.1, -0.05) is 18.2 Å². The van der Waals surface area contributed by atoms with Gasteiger partial charge in [0.1, 0.15) is 5.69 Å². The average Bonchev–Trinajstić information content (AvgIpc) is 2.80. The third kappa shape index (κ3) is 5.05. The Morgan fingerprint density at radius 3 is 2.55 bits per heavy atom. The molecule has 7 nitrogen and oxygen atoms in total. The maximum absolute atomic E-state index is 13.7. The molecule has 0 radical (unpaired) electrons. The van der Waals surface area contributed by atoms with Gasteiger partial charge in [0, 0.05) is 57.6 Å². The van der Waals surface area contributed by atoms with Gasteiger partial charge in [0.25, 0.3) is 5.91 Å². The first-order chi connectivity index (χ1) is 15.0. The number of ether oxygens (including phenoxy) is 1. The first-order valence-corrected chi connectivity index (χ1v) is 11.3. The van der Waals surface area contributed by atoms with Gasteiger partial charge in [-0.05, 0) is 37.5 Å². The number of carbonyl (C=O) groups is 2. The summed E-state index contributed by atoms with van der Waals surface area (Å²) in [5.74, 6) is 0.0971. The molecule has 7 heteroatoms. The molecule has 166 valence electrons. The molecule has 1 aromatic carbocycles. The van der Waals surface area contributed by atoms with Gasteiger partial charge in [0.15, 0.2) is 0 Å². The van der Waals surface area contributed by atoms with Crippen molar-refractivity contribution in [3.05, 3.63) is 41.6 Å². The van der Waals surface area contributed by atoms with Crippen molar-refractivity contribution in [2.45, 2.75) is 32.7 Å². The molecule has 0 atom stereocenters. The van der Waals surface area contributed by atoms with Crippen molar-refractivity contribution in [3.8, 4) is 0 Å². The van der Waals surface area contributed by atoms with Crippen LogP contribution in [0.15, 0.2) is 30.3 Å². The second-order valence-electron chi connectivity index (χ2n) is 8.53. The van der Waals surface area contributed by atoms with Crippen LogP contribution < -0.4 is 0 Å². The van der Waals surface area contributed by atoms with Crippen molar-refractivity contribution in [1.82, 2.24) is 19.7 Å². The molecular formula is C24H32N4O3. The lowest BCUT2D eigenvalue weighted by molar-refractivity contribution is -0.130. The zero-order chi connectivity index (χ0) is 21.8. The van der Waals surface area contributed by atoms with Crippen LogP contribution in [0.25, 0.3) is 10.9 Å². The minimum absolute atomic E-state index is 0.0108. The summed E-state index contributed by atoms with van der Waals surface area (Å²) in [6, 6.07) is 9.99. The number of carbonyl (C=O) groups excluding carboxylic acids is 2. The largest absolute Gasteiger partial charge is 0.379 e. The van der Waals surface area contributed by atoms with Crippen molar-refractivity contribution in [2.75, 3.05) is 52.5 Å². The number of piperidine rings is 1. The van der Waals surface area contributed by atoms with Gasteiger partial charge in [-0.3, -0.25) is 14.5 Å². The monoisotopic (exact) mass is 424 g/mol. The number of benzene rings is 1. The fourth-order valence-corrected chi connectivity index (χ4v) is 4.62. The maximum atomic E-state index is 13.7. The van der Waals surface area contributed by atoms with E-state index in [1.54, 1.807) is 6.92 Å². The lowest BCUT2D eigenvalue weighted by Crippen LogP contribution is -2.51. The van der Waals surface area contributed by atoms with Crippen molar-refractivity contribution < 1.29 is 14.3 Å². The predicted molar refractivity (Wildman–Crippen MR) is 120 cm³/mol. The number of hydrogen-bond acceptors (Lipinski definition) is 5. The summed E-state index contributed by atoms with van der Waals surface area (Å²) in [5, 5.41) is 1.08. The van der Waals surface area contributed by atoms with E-state index < -0.39 is 0 Å². The van der Waals surface area contributed by atoms with Crippen LogP contribution in [0, 0.1) is 6.92 Å². The van der Waals surface area contributed by atoms with Crippen LogP contribution in [-0.2, 0) is 9.53 Å². The number of aromatic nitrogens is 1. The summed E-state index contributed by atoms with van der Waals surface area (Å²) < 4.78 is 5.46. The van der Waals surface area contributed by atoms with Crippen LogP contribution in [0.1, 0.15) is 35.8 Å². The maximum Gasteiger partial charge on any atom is 0.272 e. The SMILES string of the molecule is CC(=O)N1CCC(N(CCN2CCOCC2)C(=O)c2cc(C)c3ccccc3n2)CC1. The minimum atomic E-state index is -0.0108. The Kier molecular flexibility index (Phi) is 6.83. The third-order valence-electron chi connectivity index (χ3n) is 6.51. The van der Waals surface area contributed by atoms with Gasteiger partial charge in [-0.2, -0.15) is 0 Å². The Morgan fingerprint density at radius 1 is 1.13 bits per heavy atom. The lowest BCUT2D eigenvalue weighted by Gasteiger charge is -2.39. The van der Waals surface area contributed by atoms with Crippen LogP contribution in [0.3, 0.4) is 0 Å². The highest BCUT2D eigenvalue weighted by atomic mass is 16.5. The van der Waals surface area contributed by atoms with Crippen molar-refractivity contribution in [1.29, 1.82) is 0 Å². The lowest BCUT2D eigenvalue weighted by atomic mass is 10.0. The molecule has 2 saturated heterocycles. The number of fused-ring (bicyclic) bond motifs is 1. The Balaban J connectivity index is 1.55. The van der Waals surface area contributed by atoms with Crippen LogP contribution >= 0.6 is 0 Å². The number of nitrogens with zero attached hydrogens (tertiary/aromatic N) is 4. The molecule has 0 unspecified atom stereocenters. The smallest absolute Gasteiger partial charge is 0.272 e. The van der Waals surface area contributed by atoms with Crippen molar-refractivity contribution >= 4 is 22.7 Å². The highest BCUT2D eigenvalue weighted by Crippen LogP contribution is 2.22. The van der Waals surface area contributed by atoms with E-state index in [0.29, 0.717) is 25.3 Å². The second-order valence-corrected chi connectivity index (χ2v) is 8.53. The van der Waals surface area contributed by atoms with Gasteiger partial charge in [0.2, 0.25) is 5.91 Å². The molecule has 0 aliphatic carbocycles.